The van der Waals surface area contributed by atoms with Crippen LogP contribution < -0.4 is 5.73 Å². The Morgan fingerprint density at radius 2 is 1.73 bits per heavy atom. The van der Waals surface area contributed by atoms with E-state index < -0.39 is 0 Å². The largest absolute Gasteiger partial charge is 0.379 e. The van der Waals surface area contributed by atoms with Crippen LogP contribution in [0, 0.1) is 0 Å². The SMILES string of the molecule is NC(=O)C1(N2CCOCC2)CCCCC1. The van der Waals surface area contributed by atoms with Crippen LogP contribution in [-0.2, 0) is 9.53 Å². The molecular formula is C11H20N2O2. The summed E-state index contributed by atoms with van der Waals surface area (Å²) < 4.78 is 5.32. The highest BCUT2D eigenvalue weighted by Gasteiger charge is 2.43. The Labute approximate surface area is 90.8 Å². The monoisotopic (exact) mass is 212 g/mol. The maximum atomic E-state index is 11.7. The lowest BCUT2D eigenvalue weighted by molar-refractivity contribution is -0.136. The first-order chi connectivity index (χ1) is 7.26. The highest BCUT2D eigenvalue weighted by Crippen LogP contribution is 2.33. The number of primary amides is 1. The Morgan fingerprint density at radius 3 is 2.27 bits per heavy atom. The fourth-order valence-corrected chi connectivity index (χ4v) is 2.85. The second-order valence-corrected chi connectivity index (χ2v) is 4.56. The van der Waals surface area contributed by atoms with E-state index in [1.807, 2.05) is 0 Å². The second kappa shape index (κ2) is 4.49. The number of ether oxygens (including phenoxy) is 1. The number of carbonyl (C=O) groups is 1. The molecule has 0 unspecified atom stereocenters. The first kappa shape index (κ1) is 10.9. The molecule has 0 aromatic carbocycles. The van der Waals surface area contributed by atoms with E-state index >= 15 is 0 Å². The number of carbonyl (C=O) groups excluding carboxylic acids is 1. The molecule has 1 aliphatic carbocycles. The standard InChI is InChI=1S/C11H20N2O2/c12-10(14)11(4-2-1-3-5-11)13-6-8-15-9-7-13/h1-9H2,(H2,12,14). The molecule has 0 radical (unpaired) electrons. The van der Waals surface area contributed by atoms with Gasteiger partial charge in [-0.2, -0.15) is 0 Å². The van der Waals surface area contributed by atoms with Crippen LogP contribution in [0.1, 0.15) is 32.1 Å². The third kappa shape index (κ3) is 2.01. The minimum Gasteiger partial charge on any atom is -0.379 e. The zero-order chi connectivity index (χ0) is 10.7. The van der Waals surface area contributed by atoms with E-state index in [2.05, 4.69) is 4.90 Å². The molecule has 2 aliphatic rings. The summed E-state index contributed by atoms with van der Waals surface area (Å²) in [7, 11) is 0. The Balaban J connectivity index is 2.12. The quantitative estimate of drug-likeness (QED) is 0.725. The summed E-state index contributed by atoms with van der Waals surface area (Å²) in [6.07, 6.45) is 5.35. The van der Waals surface area contributed by atoms with Gasteiger partial charge in [0.05, 0.1) is 13.2 Å². The summed E-state index contributed by atoms with van der Waals surface area (Å²) in [6.45, 7) is 3.16. The first-order valence-corrected chi connectivity index (χ1v) is 5.88. The predicted octanol–water partition coefficient (Wildman–Crippen LogP) is 0.507. The van der Waals surface area contributed by atoms with Crippen molar-refractivity contribution in [2.75, 3.05) is 26.3 Å². The van der Waals surface area contributed by atoms with Crippen LogP contribution in [0.5, 0.6) is 0 Å². The Bertz CT molecular complexity index is 231. The number of hydrogen-bond donors (Lipinski definition) is 1. The first-order valence-electron chi connectivity index (χ1n) is 5.88. The Morgan fingerprint density at radius 1 is 1.13 bits per heavy atom. The highest BCUT2D eigenvalue weighted by molar-refractivity contribution is 5.84. The van der Waals surface area contributed by atoms with Crippen molar-refractivity contribution in [3.63, 3.8) is 0 Å². The fourth-order valence-electron chi connectivity index (χ4n) is 2.85. The minimum absolute atomic E-state index is 0.135. The summed E-state index contributed by atoms with van der Waals surface area (Å²) in [6, 6.07) is 0. The molecule has 4 heteroatoms. The van der Waals surface area contributed by atoms with Gasteiger partial charge in [-0.25, -0.2) is 0 Å². The van der Waals surface area contributed by atoms with Crippen molar-refractivity contribution in [2.45, 2.75) is 37.6 Å². The van der Waals surface area contributed by atoms with Crippen molar-refractivity contribution in [3.05, 3.63) is 0 Å². The van der Waals surface area contributed by atoms with Gasteiger partial charge in [-0.05, 0) is 12.8 Å². The summed E-state index contributed by atoms with van der Waals surface area (Å²) in [5.74, 6) is -0.135. The van der Waals surface area contributed by atoms with E-state index in [0.29, 0.717) is 0 Å². The second-order valence-electron chi connectivity index (χ2n) is 4.56. The van der Waals surface area contributed by atoms with E-state index in [1.165, 1.54) is 6.42 Å². The molecule has 1 heterocycles. The third-order valence-corrected chi connectivity index (χ3v) is 3.76. The third-order valence-electron chi connectivity index (χ3n) is 3.76. The number of nitrogens with two attached hydrogens (primary N) is 1. The predicted molar refractivity (Wildman–Crippen MR) is 57.4 cm³/mol. The molecule has 4 nitrogen and oxygen atoms in total. The van der Waals surface area contributed by atoms with Crippen molar-refractivity contribution in [2.24, 2.45) is 5.73 Å². The molecule has 86 valence electrons. The number of morpholine rings is 1. The van der Waals surface area contributed by atoms with Crippen LogP contribution in [0.25, 0.3) is 0 Å². The molecule has 2 rings (SSSR count). The zero-order valence-corrected chi connectivity index (χ0v) is 9.21. The average Bonchev–Trinajstić information content (AvgIpc) is 2.31. The zero-order valence-electron chi connectivity index (χ0n) is 9.21. The topological polar surface area (TPSA) is 55.6 Å². The molecule has 1 saturated carbocycles. The molecule has 0 spiro atoms. The summed E-state index contributed by atoms with van der Waals surface area (Å²) in [5, 5.41) is 0. The molecule has 2 N–H and O–H groups in total. The molecule has 15 heavy (non-hydrogen) atoms. The molecule has 0 aromatic rings. The van der Waals surface area contributed by atoms with Crippen molar-refractivity contribution in [1.29, 1.82) is 0 Å². The van der Waals surface area contributed by atoms with Gasteiger partial charge >= 0.3 is 0 Å². The molecule has 0 atom stereocenters. The lowest BCUT2D eigenvalue weighted by Crippen LogP contribution is -2.61. The van der Waals surface area contributed by atoms with Gasteiger partial charge in [0, 0.05) is 13.1 Å². The van der Waals surface area contributed by atoms with Gasteiger partial charge in [-0.15, -0.1) is 0 Å². The van der Waals surface area contributed by atoms with E-state index in [0.717, 1.165) is 52.0 Å². The van der Waals surface area contributed by atoms with E-state index in [9.17, 15) is 4.79 Å². The van der Waals surface area contributed by atoms with Crippen LogP contribution in [-0.4, -0.2) is 42.6 Å². The Hall–Kier alpha value is -0.610. The van der Waals surface area contributed by atoms with Gasteiger partial charge in [0.25, 0.3) is 0 Å². The van der Waals surface area contributed by atoms with Gasteiger partial charge in [-0.1, -0.05) is 19.3 Å². The fraction of sp³-hybridized carbons (Fsp3) is 0.909. The minimum atomic E-state index is -0.359. The lowest BCUT2D eigenvalue weighted by Gasteiger charge is -2.45. The van der Waals surface area contributed by atoms with Crippen molar-refractivity contribution in [1.82, 2.24) is 4.90 Å². The van der Waals surface area contributed by atoms with Crippen LogP contribution >= 0.6 is 0 Å². The van der Waals surface area contributed by atoms with Crippen molar-refractivity contribution >= 4 is 5.91 Å². The summed E-state index contributed by atoms with van der Waals surface area (Å²) in [5.41, 5.74) is 5.25. The number of rotatable bonds is 2. The molecule has 0 aromatic heterocycles. The van der Waals surface area contributed by atoms with Crippen LogP contribution in [0.15, 0.2) is 0 Å². The highest BCUT2D eigenvalue weighted by atomic mass is 16.5. The number of hydrogen-bond acceptors (Lipinski definition) is 3. The van der Waals surface area contributed by atoms with Crippen LogP contribution in [0.3, 0.4) is 0 Å². The van der Waals surface area contributed by atoms with E-state index in [-0.39, 0.29) is 11.4 Å². The van der Waals surface area contributed by atoms with Crippen LogP contribution in [0.4, 0.5) is 0 Å². The molecule has 1 amide bonds. The molecule has 2 fully saturated rings. The van der Waals surface area contributed by atoms with Gasteiger partial charge in [0.1, 0.15) is 5.54 Å². The van der Waals surface area contributed by atoms with Gasteiger partial charge in [-0.3, -0.25) is 9.69 Å². The maximum absolute atomic E-state index is 11.7. The molecule has 1 saturated heterocycles. The summed E-state index contributed by atoms with van der Waals surface area (Å²) >= 11 is 0. The van der Waals surface area contributed by atoms with Crippen LogP contribution in [0.2, 0.25) is 0 Å². The van der Waals surface area contributed by atoms with E-state index in [1.54, 1.807) is 0 Å². The Kier molecular flexibility index (Phi) is 3.26. The van der Waals surface area contributed by atoms with Gasteiger partial charge < -0.3 is 10.5 Å². The number of nitrogens with zero attached hydrogens (tertiary/aromatic N) is 1. The molecular weight excluding hydrogens is 192 g/mol. The molecule has 1 aliphatic heterocycles. The van der Waals surface area contributed by atoms with Gasteiger partial charge in [0.15, 0.2) is 0 Å². The maximum Gasteiger partial charge on any atom is 0.237 e. The van der Waals surface area contributed by atoms with Crippen molar-refractivity contribution in [3.8, 4) is 0 Å². The average molecular weight is 212 g/mol. The van der Waals surface area contributed by atoms with Crippen molar-refractivity contribution < 1.29 is 9.53 Å². The van der Waals surface area contributed by atoms with E-state index in [4.69, 9.17) is 10.5 Å². The number of amides is 1. The van der Waals surface area contributed by atoms with Gasteiger partial charge in [0.2, 0.25) is 5.91 Å². The lowest BCUT2D eigenvalue weighted by atomic mass is 9.79. The molecule has 0 bridgehead atoms. The summed E-state index contributed by atoms with van der Waals surface area (Å²) in [4.78, 5) is 14.0. The normalized spacial score (nSPS) is 27.5. The smallest absolute Gasteiger partial charge is 0.237 e.